The fourth-order valence-corrected chi connectivity index (χ4v) is 9.99. The second kappa shape index (κ2) is 33.1. The molecule has 0 aromatic heterocycles. The number of benzene rings is 6. The van der Waals surface area contributed by atoms with Crippen molar-refractivity contribution in [1.29, 1.82) is 0 Å². The highest BCUT2D eigenvalue weighted by molar-refractivity contribution is 5.47. The van der Waals surface area contributed by atoms with Crippen LogP contribution in [0, 0.1) is 0 Å². The Labute approximate surface area is 444 Å². The molecule has 1 heterocycles. The molecule has 0 bridgehead atoms. The molecule has 6 aromatic rings. The van der Waals surface area contributed by atoms with Crippen LogP contribution in [0.4, 0.5) is 0 Å². The Kier molecular flexibility index (Phi) is 25.4. The third-order valence-corrected chi connectivity index (χ3v) is 14.2. The van der Waals surface area contributed by atoms with Gasteiger partial charge in [0, 0.05) is 13.7 Å². The lowest BCUT2D eigenvalue weighted by Gasteiger charge is -2.47. The molecule has 0 spiro atoms. The molecule has 0 aliphatic carbocycles. The van der Waals surface area contributed by atoms with Crippen molar-refractivity contribution < 1.29 is 37.9 Å². The Morgan fingerprint density at radius 2 is 0.797 bits per heavy atom. The summed E-state index contributed by atoms with van der Waals surface area (Å²) in [6.45, 7) is 4.63. The van der Waals surface area contributed by atoms with E-state index < -0.39 is 36.3 Å². The van der Waals surface area contributed by atoms with E-state index in [1.165, 1.54) is 83.5 Å². The number of ether oxygens (including phenoxy) is 8. The van der Waals surface area contributed by atoms with Gasteiger partial charge in [-0.3, -0.25) is 0 Å². The zero-order chi connectivity index (χ0) is 51.1. The van der Waals surface area contributed by atoms with Crippen LogP contribution in [0.25, 0.3) is 0 Å². The normalized spacial score (nSPS) is 18.3. The minimum Gasteiger partial charge on any atom is -0.379 e. The zero-order valence-electron chi connectivity index (χ0n) is 44.4. The van der Waals surface area contributed by atoms with Crippen molar-refractivity contribution in [1.82, 2.24) is 0 Å². The average molecular weight is 1010 g/mol. The fraction of sp³-hybridized carbons (Fsp3) is 0.455. The minimum atomic E-state index is -1.01. The monoisotopic (exact) mass is 1000 g/mol. The summed E-state index contributed by atoms with van der Waals surface area (Å²) in [5.41, 5.74) is 5.02. The van der Waals surface area contributed by atoms with E-state index in [0.29, 0.717) is 33.0 Å². The molecule has 1 unspecified atom stereocenters. The molecule has 0 radical (unpaired) electrons. The zero-order valence-corrected chi connectivity index (χ0v) is 44.4. The van der Waals surface area contributed by atoms with E-state index in [4.69, 9.17) is 37.9 Å². The highest BCUT2D eigenvalue weighted by Gasteiger charge is 2.50. The quantitative estimate of drug-likeness (QED) is 0.0285. The summed E-state index contributed by atoms with van der Waals surface area (Å²) in [5, 5.41) is 0. The van der Waals surface area contributed by atoms with Gasteiger partial charge in [-0.2, -0.15) is 0 Å². The molecular weight excluding hydrogens is 921 g/mol. The van der Waals surface area contributed by atoms with Crippen LogP contribution in [0.1, 0.15) is 130 Å². The van der Waals surface area contributed by atoms with Gasteiger partial charge in [0.1, 0.15) is 36.1 Å². The smallest absolute Gasteiger partial charge is 0.187 e. The Morgan fingerprint density at radius 3 is 1.22 bits per heavy atom. The Morgan fingerprint density at radius 1 is 0.419 bits per heavy atom. The van der Waals surface area contributed by atoms with Gasteiger partial charge in [-0.1, -0.05) is 272 Å². The molecule has 0 saturated carbocycles. The summed E-state index contributed by atoms with van der Waals surface area (Å²) in [6.07, 6.45) is 14.5. The molecule has 0 N–H and O–H groups in total. The van der Waals surface area contributed by atoms with E-state index in [1.807, 2.05) is 72.8 Å². The SMILES string of the molecule is CCCCCCCCCCCCCCCCOCC(CO[C@@H]1O[C@H](COC(c2ccccc2)(c2ccccc2)c2ccccc2)[C@H](OCc2ccccc2)[C@H](OCc2ccccc2)[C@H]1OCc1ccccc1)OC. The van der Waals surface area contributed by atoms with Crippen molar-refractivity contribution in [2.75, 3.05) is 33.5 Å². The molecule has 6 atom stereocenters. The summed E-state index contributed by atoms with van der Waals surface area (Å²) in [5.74, 6) is 0. The first-order valence-electron chi connectivity index (χ1n) is 27.8. The van der Waals surface area contributed by atoms with Gasteiger partial charge < -0.3 is 37.9 Å². The minimum absolute atomic E-state index is 0.116. The van der Waals surface area contributed by atoms with Crippen LogP contribution in [0.15, 0.2) is 182 Å². The van der Waals surface area contributed by atoms with E-state index in [1.54, 1.807) is 7.11 Å². The van der Waals surface area contributed by atoms with Gasteiger partial charge in [-0.15, -0.1) is 0 Å². The molecule has 1 saturated heterocycles. The van der Waals surface area contributed by atoms with E-state index in [2.05, 4.69) is 116 Å². The van der Waals surface area contributed by atoms with Crippen molar-refractivity contribution in [2.24, 2.45) is 0 Å². The molecule has 0 amide bonds. The molecule has 396 valence electrons. The van der Waals surface area contributed by atoms with Crippen molar-refractivity contribution in [3.05, 3.63) is 215 Å². The van der Waals surface area contributed by atoms with Crippen molar-refractivity contribution >= 4 is 0 Å². The van der Waals surface area contributed by atoms with Crippen molar-refractivity contribution in [2.45, 2.75) is 159 Å². The molecule has 1 fully saturated rings. The van der Waals surface area contributed by atoms with Crippen molar-refractivity contribution in [3.63, 3.8) is 0 Å². The van der Waals surface area contributed by atoms with E-state index >= 15 is 0 Å². The highest BCUT2D eigenvalue weighted by Crippen LogP contribution is 2.42. The second-order valence-electron chi connectivity index (χ2n) is 19.8. The fourth-order valence-electron chi connectivity index (χ4n) is 9.99. The van der Waals surface area contributed by atoms with Gasteiger partial charge in [-0.25, -0.2) is 0 Å². The Balaban J connectivity index is 1.10. The summed E-state index contributed by atoms with van der Waals surface area (Å²) in [6, 6.07) is 61.8. The van der Waals surface area contributed by atoms with Gasteiger partial charge in [0.05, 0.1) is 39.6 Å². The number of hydrogen-bond acceptors (Lipinski definition) is 8. The van der Waals surface area contributed by atoms with Gasteiger partial charge >= 0.3 is 0 Å². The number of hydrogen-bond donors (Lipinski definition) is 0. The lowest BCUT2D eigenvalue weighted by Crippen LogP contribution is -2.62. The first-order valence-corrected chi connectivity index (χ1v) is 27.8. The van der Waals surface area contributed by atoms with Crippen LogP contribution in [0.2, 0.25) is 0 Å². The molecule has 74 heavy (non-hydrogen) atoms. The van der Waals surface area contributed by atoms with Gasteiger partial charge in [0.15, 0.2) is 6.29 Å². The van der Waals surface area contributed by atoms with E-state index in [-0.39, 0.29) is 19.3 Å². The maximum Gasteiger partial charge on any atom is 0.187 e. The van der Waals surface area contributed by atoms with E-state index in [0.717, 1.165) is 39.8 Å². The summed E-state index contributed by atoms with van der Waals surface area (Å²) in [7, 11) is 1.71. The standard InChI is InChI=1S/C66H84O8/c1-3-4-5-6-7-8-9-10-11-12-13-14-15-34-47-68-51-60(67-2)52-72-65-64(71-50-56-39-26-18-27-40-56)63(70-49-55-37-24-17-25-38-55)62(69-48-54-35-22-16-23-36-54)61(74-65)53-73-66(57-41-28-19-29-42-57,58-43-30-20-31-44-58)59-45-32-21-33-46-59/h16-33,35-46,60-65H,3-15,34,47-53H2,1-2H3/t60?,61-,62+,63+,64-,65-/m1/s1. The molecule has 1 aliphatic rings. The molecule has 8 heteroatoms. The average Bonchev–Trinajstić information content (AvgIpc) is 3.46. The number of rotatable bonds is 36. The molecule has 7 rings (SSSR count). The third-order valence-electron chi connectivity index (χ3n) is 14.2. The van der Waals surface area contributed by atoms with Crippen LogP contribution in [0.3, 0.4) is 0 Å². The highest BCUT2D eigenvalue weighted by atomic mass is 16.7. The molecule has 1 aliphatic heterocycles. The topological polar surface area (TPSA) is 73.8 Å². The molecule has 6 aromatic carbocycles. The second-order valence-corrected chi connectivity index (χ2v) is 19.8. The number of unbranched alkanes of at least 4 members (excludes halogenated alkanes) is 13. The molecule has 8 nitrogen and oxygen atoms in total. The Bertz CT molecular complexity index is 2210. The largest absolute Gasteiger partial charge is 0.379 e. The predicted molar refractivity (Wildman–Crippen MR) is 297 cm³/mol. The van der Waals surface area contributed by atoms with Gasteiger partial charge in [0.25, 0.3) is 0 Å². The lowest BCUT2D eigenvalue weighted by atomic mass is 9.80. The van der Waals surface area contributed by atoms with Crippen LogP contribution in [-0.4, -0.2) is 70.3 Å². The summed E-state index contributed by atoms with van der Waals surface area (Å²) in [4.78, 5) is 0. The maximum absolute atomic E-state index is 7.52. The Hall–Kier alpha value is -5.00. The van der Waals surface area contributed by atoms with Gasteiger partial charge in [-0.05, 0) is 39.8 Å². The van der Waals surface area contributed by atoms with E-state index in [9.17, 15) is 0 Å². The van der Waals surface area contributed by atoms with Crippen LogP contribution in [-0.2, 0) is 63.3 Å². The lowest BCUT2D eigenvalue weighted by molar-refractivity contribution is -0.333. The van der Waals surface area contributed by atoms with Crippen LogP contribution < -0.4 is 0 Å². The van der Waals surface area contributed by atoms with Crippen LogP contribution in [0.5, 0.6) is 0 Å². The first kappa shape index (κ1) is 56.7. The van der Waals surface area contributed by atoms with Gasteiger partial charge in [0.2, 0.25) is 0 Å². The molecular formula is C66H84O8. The summed E-state index contributed by atoms with van der Waals surface area (Å²) < 4.78 is 55.0. The predicted octanol–water partition coefficient (Wildman–Crippen LogP) is 15.0. The maximum atomic E-state index is 7.52. The van der Waals surface area contributed by atoms with Crippen LogP contribution >= 0.6 is 0 Å². The summed E-state index contributed by atoms with van der Waals surface area (Å²) >= 11 is 0. The third kappa shape index (κ3) is 18.1. The number of methoxy groups -OCH3 is 1. The first-order chi connectivity index (χ1) is 36.7. The van der Waals surface area contributed by atoms with Crippen molar-refractivity contribution in [3.8, 4) is 0 Å².